The van der Waals surface area contributed by atoms with Gasteiger partial charge in [-0.2, -0.15) is 0 Å². The van der Waals surface area contributed by atoms with Crippen molar-refractivity contribution in [3.8, 4) is 0 Å². The summed E-state index contributed by atoms with van der Waals surface area (Å²) in [6.07, 6.45) is 1.08. The molecule has 0 atom stereocenters. The van der Waals surface area contributed by atoms with E-state index in [0.717, 1.165) is 0 Å². The van der Waals surface area contributed by atoms with Gasteiger partial charge in [-0.15, -0.1) is 0 Å². The molecule has 0 fully saturated rings. The highest BCUT2D eigenvalue weighted by Crippen LogP contribution is 2.12. The van der Waals surface area contributed by atoms with Crippen LogP contribution in [0, 0.1) is 0 Å². The number of benzene rings is 1. The molecule has 0 spiro atoms. The van der Waals surface area contributed by atoms with E-state index in [2.05, 4.69) is 5.32 Å². The van der Waals surface area contributed by atoms with E-state index in [4.69, 9.17) is 10.2 Å². The molecule has 0 radical (unpaired) electrons. The SMILES string of the molecule is CC(C)(CCO)NC(=O)CCc1ccccc1C(=O)O. The number of amides is 1. The predicted octanol–water partition coefficient (Wildman–Crippen LogP) is 1.59. The second kappa shape index (κ2) is 7.05. The zero-order valence-electron chi connectivity index (χ0n) is 11.8. The number of hydrogen-bond donors (Lipinski definition) is 3. The number of aliphatic hydroxyl groups is 1. The zero-order valence-corrected chi connectivity index (χ0v) is 11.8. The number of hydrogen-bond acceptors (Lipinski definition) is 3. The molecule has 1 aromatic carbocycles. The van der Waals surface area contributed by atoms with Crippen LogP contribution in [0.2, 0.25) is 0 Å². The van der Waals surface area contributed by atoms with Gasteiger partial charge >= 0.3 is 5.97 Å². The van der Waals surface area contributed by atoms with Crippen LogP contribution in [0.25, 0.3) is 0 Å². The lowest BCUT2D eigenvalue weighted by atomic mass is 9.99. The Morgan fingerprint density at radius 2 is 1.90 bits per heavy atom. The van der Waals surface area contributed by atoms with Crippen molar-refractivity contribution in [2.75, 3.05) is 6.61 Å². The van der Waals surface area contributed by atoms with Crippen LogP contribution in [0.5, 0.6) is 0 Å². The van der Waals surface area contributed by atoms with Crippen molar-refractivity contribution in [2.45, 2.75) is 38.6 Å². The van der Waals surface area contributed by atoms with Gasteiger partial charge in [-0.25, -0.2) is 4.79 Å². The molecule has 0 saturated carbocycles. The maximum atomic E-state index is 11.8. The van der Waals surface area contributed by atoms with Crippen molar-refractivity contribution < 1.29 is 19.8 Å². The summed E-state index contributed by atoms with van der Waals surface area (Å²) in [4.78, 5) is 22.9. The summed E-state index contributed by atoms with van der Waals surface area (Å²) in [6, 6.07) is 6.67. The van der Waals surface area contributed by atoms with Crippen molar-refractivity contribution in [1.82, 2.24) is 5.32 Å². The minimum Gasteiger partial charge on any atom is -0.478 e. The van der Waals surface area contributed by atoms with E-state index >= 15 is 0 Å². The third-order valence-electron chi connectivity index (χ3n) is 3.08. The van der Waals surface area contributed by atoms with Crippen LogP contribution < -0.4 is 5.32 Å². The number of carboxylic acids is 1. The van der Waals surface area contributed by atoms with Crippen LogP contribution in [-0.2, 0) is 11.2 Å². The summed E-state index contributed by atoms with van der Waals surface area (Å²) in [6.45, 7) is 3.69. The largest absolute Gasteiger partial charge is 0.478 e. The molecule has 20 heavy (non-hydrogen) atoms. The topological polar surface area (TPSA) is 86.6 Å². The minimum atomic E-state index is -0.985. The fourth-order valence-corrected chi connectivity index (χ4v) is 1.98. The Hall–Kier alpha value is -1.88. The van der Waals surface area contributed by atoms with Gasteiger partial charge in [-0.05, 0) is 38.3 Å². The lowest BCUT2D eigenvalue weighted by Crippen LogP contribution is -2.44. The van der Waals surface area contributed by atoms with Gasteiger partial charge in [-0.3, -0.25) is 4.79 Å². The molecule has 0 aromatic heterocycles. The zero-order chi connectivity index (χ0) is 15.2. The van der Waals surface area contributed by atoms with E-state index in [-0.39, 0.29) is 24.5 Å². The van der Waals surface area contributed by atoms with Crippen molar-refractivity contribution >= 4 is 11.9 Å². The molecule has 0 bridgehead atoms. The molecule has 1 amide bonds. The van der Waals surface area contributed by atoms with Crippen molar-refractivity contribution in [3.63, 3.8) is 0 Å². The number of rotatable bonds is 7. The Bertz CT molecular complexity index is 483. The average molecular weight is 279 g/mol. The highest BCUT2D eigenvalue weighted by Gasteiger charge is 2.19. The quantitative estimate of drug-likeness (QED) is 0.707. The van der Waals surface area contributed by atoms with Gasteiger partial charge in [-0.1, -0.05) is 18.2 Å². The normalized spacial score (nSPS) is 11.2. The Balaban J connectivity index is 2.60. The number of aromatic carboxylic acids is 1. The number of nitrogens with one attached hydrogen (secondary N) is 1. The van der Waals surface area contributed by atoms with E-state index in [1.807, 2.05) is 13.8 Å². The Morgan fingerprint density at radius 3 is 2.50 bits per heavy atom. The average Bonchev–Trinajstić information content (AvgIpc) is 2.35. The lowest BCUT2D eigenvalue weighted by Gasteiger charge is -2.25. The number of aryl methyl sites for hydroxylation is 1. The van der Waals surface area contributed by atoms with E-state index in [0.29, 0.717) is 18.4 Å². The number of carbonyl (C=O) groups excluding carboxylic acids is 1. The Kier molecular flexibility index (Phi) is 5.70. The fourth-order valence-electron chi connectivity index (χ4n) is 1.98. The summed E-state index contributed by atoms with van der Waals surface area (Å²) in [5.74, 6) is -1.13. The lowest BCUT2D eigenvalue weighted by molar-refractivity contribution is -0.122. The molecule has 0 saturated heterocycles. The van der Waals surface area contributed by atoms with Crippen LogP contribution >= 0.6 is 0 Å². The van der Waals surface area contributed by atoms with Crippen LogP contribution in [0.15, 0.2) is 24.3 Å². The number of carboxylic acid groups (broad SMARTS) is 1. The van der Waals surface area contributed by atoms with Crippen LogP contribution in [0.3, 0.4) is 0 Å². The number of carbonyl (C=O) groups is 2. The summed E-state index contributed by atoms with van der Waals surface area (Å²) >= 11 is 0. The molecular formula is C15H21NO4. The predicted molar refractivity (Wildman–Crippen MR) is 75.6 cm³/mol. The van der Waals surface area contributed by atoms with Crippen LogP contribution in [0.4, 0.5) is 0 Å². The second-order valence-corrected chi connectivity index (χ2v) is 5.37. The summed E-state index contributed by atoms with van der Waals surface area (Å²) in [5.41, 5.74) is 0.419. The summed E-state index contributed by atoms with van der Waals surface area (Å²) in [5, 5.41) is 20.8. The first-order valence-corrected chi connectivity index (χ1v) is 6.59. The monoisotopic (exact) mass is 279 g/mol. The molecule has 0 aliphatic rings. The molecule has 110 valence electrons. The highest BCUT2D eigenvalue weighted by atomic mass is 16.4. The minimum absolute atomic E-state index is 0.00906. The standard InChI is InChI=1S/C15H21NO4/c1-15(2,9-10-17)16-13(18)8-7-11-5-3-4-6-12(11)14(19)20/h3-6,17H,7-10H2,1-2H3,(H,16,18)(H,19,20). The van der Waals surface area contributed by atoms with Gasteiger partial charge in [0.15, 0.2) is 0 Å². The van der Waals surface area contributed by atoms with Crippen molar-refractivity contribution in [3.05, 3.63) is 35.4 Å². The van der Waals surface area contributed by atoms with E-state index in [9.17, 15) is 9.59 Å². The van der Waals surface area contributed by atoms with Gasteiger partial charge in [0.1, 0.15) is 0 Å². The molecular weight excluding hydrogens is 258 g/mol. The van der Waals surface area contributed by atoms with E-state index in [1.165, 1.54) is 6.07 Å². The fraction of sp³-hybridized carbons (Fsp3) is 0.467. The van der Waals surface area contributed by atoms with Gasteiger partial charge in [0.25, 0.3) is 0 Å². The summed E-state index contributed by atoms with van der Waals surface area (Å²) in [7, 11) is 0. The Morgan fingerprint density at radius 1 is 1.25 bits per heavy atom. The third kappa shape index (κ3) is 5.01. The molecule has 0 aliphatic heterocycles. The molecule has 0 aliphatic carbocycles. The van der Waals surface area contributed by atoms with Gasteiger partial charge < -0.3 is 15.5 Å². The first-order chi connectivity index (χ1) is 9.35. The molecule has 1 aromatic rings. The molecule has 0 unspecified atom stereocenters. The molecule has 1 rings (SSSR count). The van der Waals surface area contributed by atoms with Gasteiger partial charge in [0.2, 0.25) is 5.91 Å². The van der Waals surface area contributed by atoms with Gasteiger partial charge in [0, 0.05) is 18.6 Å². The first-order valence-electron chi connectivity index (χ1n) is 6.59. The third-order valence-corrected chi connectivity index (χ3v) is 3.08. The molecule has 3 N–H and O–H groups in total. The molecule has 0 heterocycles. The second-order valence-electron chi connectivity index (χ2n) is 5.37. The van der Waals surface area contributed by atoms with E-state index < -0.39 is 11.5 Å². The van der Waals surface area contributed by atoms with Crippen molar-refractivity contribution in [2.24, 2.45) is 0 Å². The maximum absolute atomic E-state index is 11.8. The number of aliphatic hydroxyl groups excluding tert-OH is 1. The smallest absolute Gasteiger partial charge is 0.335 e. The summed E-state index contributed by atoms with van der Waals surface area (Å²) < 4.78 is 0. The van der Waals surface area contributed by atoms with Crippen molar-refractivity contribution in [1.29, 1.82) is 0 Å². The highest BCUT2D eigenvalue weighted by molar-refractivity contribution is 5.89. The maximum Gasteiger partial charge on any atom is 0.335 e. The van der Waals surface area contributed by atoms with Crippen LogP contribution in [0.1, 0.15) is 42.6 Å². The van der Waals surface area contributed by atoms with E-state index in [1.54, 1.807) is 18.2 Å². The molecule has 5 heteroatoms. The molecule has 5 nitrogen and oxygen atoms in total. The Labute approximate surface area is 118 Å². The first kappa shape index (κ1) is 16.2. The van der Waals surface area contributed by atoms with Gasteiger partial charge in [0.05, 0.1) is 5.56 Å². The van der Waals surface area contributed by atoms with Crippen LogP contribution in [-0.4, -0.2) is 34.2 Å².